The Kier molecular flexibility index (Phi) is 9.64. The topological polar surface area (TPSA) is 61.7 Å². The minimum Gasteiger partial charge on any atom is -0.508 e. The van der Waals surface area contributed by atoms with Gasteiger partial charge in [0.05, 0.1) is 11.4 Å². The fourth-order valence-electron chi connectivity index (χ4n) is 3.98. The van der Waals surface area contributed by atoms with Gasteiger partial charge >= 0.3 is 0 Å². The molecule has 0 spiro atoms. The van der Waals surface area contributed by atoms with Crippen LogP contribution in [0.3, 0.4) is 0 Å². The normalized spacial score (nSPS) is 13.9. The number of hydrogen-bond donors (Lipinski definition) is 2. The molecule has 1 heterocycles. The van der Waals surface area contributed by atoms with Crippen molar-refractivity contribution in [1.82, 2.24) is 0 Å². The summed E-state index contributed by atoms with van der Waals surface area (Å²) in [6, 6.07) is 28.5. The Bertz CT molecular complexity index is 1350. The second-order valence-corrected chi connectivity index (χ2v) is 8.95. The number of anilines is 1. The number of halogens is 1. The van der Waals surface area contributed by atoms with Crippen LogP contribution in [0.5, 0.6) is 5.75 Å². The molecule has 4 aromatic rings. The maximum absolute atomic E-state index is 12.0. The number of benzene rings is 4. The number of benzodiazepines with no additional fused rings is 1. The van der Waals surface area contributed by atoms with Crippen LogP contribution in [0.25, 0.3) is 11.1 Å². The van der Waals surface area contributed by atoms with E-state index in [0.717, 1.165) is 11.1 Å². The van der Waals surface area contributed by atoms with Crippen molar-refractivity contribution < 1.29 is 9.90 Å². The Morgan fingerprint density at radius 3 is 1.86 bits per heavy atom. The fraction of sp³-hybridized carbons (Fsp3) is 0.188. The predicted molar refractivity (Wildman–Crippen MR) is 156 cm³/mol. The van der Waals surface area contributed by atoms with Gasteiger partial charge in [-0.15, -0.1) is 0 Å². The van der Waals surface area contributed by atoms with E-state index in [9.17, 15) is 9.90 Å². The summed E-state index contributed by atoms with van der Waals surface area (Å²) in [6.07, 6.45) is 0. The molecule has 0 fully saturated rings. The molecule has 4 nitrogen and oxygen atoms in total. The summed E-state index contributed by atoms with van der Waals surface area (Å²) in [6.45, 7) is 10.0. The smallest absolute Gasteiger partial charge is 0.248 e. The van der Waals surface area contributed by atoms with Gasteiger partial charge in [0.25, 0.3) is 0 Å². The van der Waals surface area contributed by atoms with Gasteiger partial charge in [-0.05, 0) is 85.5 Å². The average Bonchev–Trinajstić information content (AvgIpc) is 3.03. The molecule has 0 aliphatic carbocycles. The van der Waals surface area contributed by atoms with Gasteiger partial charge < -0.3 is 10.4 Å². The number of nitrogens with one attached hydrogen (secondary N) is 1. The van der Waals surface area contributed by atoms with Crippen molar-refractivity contribution in [1.29, 1.82) is 0 Å². The van der Waals surface area contributed by atoms with E-state index in [4.69, 9.17) is 11.6 Å². The van der Waals surface area contributed by atoms with Gasteiger partial charge in [-0.25, -0.2) is 0 Å². The summed E-state index contributed by atoms with van der Waals surface area (Å²) in [5, 5.41) is 12.8. The highest BCUT2D eigenvalue weighted by Gasteiger charge is 2.22. The van der Waals surface area contributed by atoms with E-state index in [1.165, 1.54) is 22.3 Å². The Morgan fingerprint density at radius 2 is 1.32 bits per heavy atom. The maximum Gasteiger partial charge on any atom is 0.248 e. The fourth-order valence-corrected chi connectivity index (χ4v) is 4.15. The summed E-state index contributed by atoms with van der Waals surface area (Å²) >= 11 is 6.07. The molecular formula is C32H33ClN2O2. The predicted octanol–water partition coefficient (Wildman–Crippen LogP) is 8.22. The molecule has 2 N–H and O–H groups in total. The molecule has 5 rings (SSSR count). The standard InChI is InChI=1S/C16H13ClN2O2.C14H14.C2H6/c1-9-16(21)19-14-7-4-11(17)8-13(14)15(18-9)10-2-5-12(20)6-3-10;1-11-7-3-5-9-13(11)14-10-6-4-8-12(14)2;1-2/h2-9,20H,1H3,(H,19,21);3-10H,1-2H3;1-2H3. The third kappa shape index (κ3) is 6.87. The van der Waals surface area contributed by atoms with Crippen molar-refractivity contribution in [3.8, 4) is 16.9 Å². The first-order valence-corrected chi connectivity index (χ1v) is 12.8. The number of aromatic hydroxyl groups is 1. The molecular weight excluding hydrogens is 480 g/mol. The Morgan fingerprint density at radius 1 is 0.784 bits per heavy atom. The van der Waals surface area contributed by atoms with Crippen molar-refractivity contribution in [2.45, 2.75) is 40.7 Å². The molecule has 5 heteroatoms. The average molecular weight is 513 g/mol. The number of rotatable bonds is 2. The van der Waals surface area contributed by atoms with Crippen molar-refractivity contribution in [3.63, 3.8) is 0 Å². The second kappa shape index (κ2) is 12.9. The zero-order valence-corrected chi connectivity index (χ0v) is 22.7. The molecule has 1 unspecified atom stereocenters. The largest absolute Gasteiger partial charge is 0.508 e. The van der Waals surface area contributed by atoms with Crippen LogP contribution >= 0.6 is 11.6 Å². The molecule has 4 aromatic carbocycles. The molecule has 0 saturated heterocycles. The first-order chi connectivity index (χ1) is 17.8. The van der Waals surface area contributed by atoms with E-state index < -0.39 is 6.04 Å². The number of phenols is 1. The lowest BCUT2D eigenvalue weighted by Gasteiger charge is -2.10. The van der Waals surface area contributed by atoms with Gasteiger partial charge in [-0.2, -0.15) is 0 Å². The minimum atomic E-state index is -0.500. The number of phenolic OH excluding ortho intramolecular Hbond substituents is 1. The molecule has 1 aliphatic heterocycles. The molecule has 0 aromatic heterocycles. The van der Waals surface area contributed by atoms with Crippen LogP contribution in [0, 0.1) is 13.8 Å². The highest BCUT2D eigenvalue weighted by atomic mass is 35.5. The zero-order valence-electron chi connectivity index (χ0n) is 21.9. The number of carbonyl (C=O) groups excluding carboxylic acids is 1. The Hall–Kier alpha value is -3.89. The van der Waals surface area contributed by atoms with Gasteiger partial charge in [0.15, 0.2) is 0 Å². The lowest BCUT2D eigenvalue weighted by Crippen LogP contribution is -2.22. The molecule has 1 amide bonds. The van der Waals surface area contributed by atoms with Crippen LogP contribution in [0.15, 0.2) is 96.0 Å². The van der Waals surface area contributed by atoms with E-state index in [2.05, 4.69) is 72.7 Å². The van der Waals surface area contributed by atoms with E-state index >= 15 is 0 Å². The van der Waals surface area contributed by atoms with Crippen LogP contribution in [0.1, 0.15) is 43.0 Å². The third-order valence-electron chi connectivity index (χ3n) is 5.92. The third-order valence-corrected chi connectivity index (χ3v) is 6.15. The lowest BCUT2D eigenvalue weighted by atomic mass is 9.97. The number of aliphatic imine (C=N–C) groups is 1. The van der Waals surface area contributed by atoms with Gasteiger partial charge in [-0.3, -0.25) is 9.79 Å². The summed E-state index contributed by atoms with van der Waals surface area (Å²) in [5.41, 5.74) is 8.30. The van der Waals surface area contributed by atoms with Crippen LogP contribution in [-0.2, 0) is 4.79 Å². The van der Waals surface area contributed by atoms with E-state index in [-0.39, 0.29) is 11.7 Å². The maximum atomic E-state index is 12.0. The van der Waals surface area contributed by atoms with Gasteiger partial charge in [0.1, 0.15) is 11.8 Å². The second-order valence-electron chi connectivity index (χ2n) is 8.51. The van der Waals surface area contributed by atoms with Crippen molar-refractivity contribution in [2.75, 3.05) is 5.32 Å². The quantitative estimate of drug-likeness (QED) is 0.284. The number of aryl methyl sites for hydroxylation is 2. The molecule has 1 atom stereocenters. The zero-order chi connectivity index (χ0) is 26.9. The van der Waals surface area contributed by atoms with E-state index in [1.54, 1.807) is 49.4 Å². The molecule has 190 valence electrons. The number of carbonyl (C=O) groups is 1. The molecule has 0 bridgehead atoms. The van der Waals surface area contributed by atoms with Crippen LogP contribution in [-0.4, -0.2) is 22.8 Å². The summed E-state index contributed by atoms with van der Waals surface area (Å²) < 4.78 is 0. The Labute approximate surface area is 224 Å². The molecule has 1 aliphatic rings. The number of fused-ring (bicyclic) bond motifs is 1. The first-order valence-electron chi connectivity index (χ1n) is 12.4. The monoisotopic (exact) mass is 512 g/mol. The summed E-state index contributed by atoms with van der Waals surface area (Å²) in [7, 11) is 0. The number of nitrogens with zero attached hydrogens (tertiary/aromatic N) is 1. The lowest BCUT2D eigenvalue weighted by molar-refractivity contribution is -0.116. The molecule has 0 saturated carbocycles. The highest BCUT2D eigenvalue weighted by molar-refractivity contribution is 6.32. The van der Waals surface area contributed by atoms with Crippen molar-refractivity contribution in [3.05, 3.63) is 118 Å². The van der Waals surface area contributed by atoms with Gasteiger partial charge in [0.2, 0.25) is 5.91 Å². The SMILES string of the molecule is CC.CC1N=C(c2ccc(O)cc2)c2cc(Cl)ccc2NC1=O.Cc1ccccc1-c1ccccc1C. The Balaban J connectivity index is 0.000000207. The van der Waals surface area contributed by atoms with Crippen molar-refractivity contribution in [2.24, 2.45) is 4.99 Å². The van der Waals surface area contributed by atoms with E-state index in [0.29, 0.717) is 16.4 Å². The summed E-state index contributed by atoms with van der Waals surface area (Å²) in [5.74, 6) is 0.0221. The summed E-state index contributed by atoms with van der Waals surface area (Å²) in [4.78, 5) is 16.5. The van der Waals surface area contributed by atoms with Gasteiger partial charge in [-0.1, -0.05) is 74.0 Å². The minimum absolute atomic E-state index is 0.160. The van der Waals surface area contributed by atoms with Crippen LogP contribution in [0.2, 0.25) is 5.02 Å². The first kappa shape index (κ1) is 27.7. The van der Waals surface area contributed by atoms with Gasteiger partial charge in [0, 0.05) is 16.1 Å². The molecule has 37 heavy (non-hydrogen) atoms. The molecule has 0 radical (unpaired) electrons. The van der Waals surface area contributed by atoms with Crippen LogP contribution < -0.4 is 5.32 Å². The van der Waals surface area contributed by atoms with Crippen molar-refractivity contribution >= 4 is 28.9 Å². The van der Waals surface area contributed by atoms with E-state index in [1.807, 2.05) is 13.8 Å². The highest BCUT2D eigenvalue weighted by Crippen LogP contribution is 2.28. The van der Waals surface area contributed by atoms with Crippen LogP contribution in [0.4, 0.5) is 5.69 Å². The number of hydrogen-bond acceptors (Lipinski definition) is 3. The number of amides is 1.